The van der Waals surface area contributed by atoms with Gasteiger partial charge in [-0.3, -0.25) is 4.90 Å². The molecule has 2 aliphatic rings. The number of hydrogen-bond donors (Lipinski definition) is 1. The third-order valence-corrected chi connectivity index (χ3v) is 4.96. The summed E-state index contributed by atoms with van der Waals surface area (Å²) in [6.45, 7) is 3.59. The molecule has 2 rings (SSSR count). The van der Waals surface area contributed by atoms with Gasteiger partial charge in [-0.15, -0.1) is 0 Å². The van der Waals surface area contributed by atoms with Gasteiger partial charge in [-0.1, -0.05) is 12.8 Å². The van der Waals surface area contributed by atoms with Gasteiger partial charge in [0.25, 0.3) is 0 Å². The second kappa shape index (κ2) is 4.39. The fourth-order valence-electron chi connectivity index (χ4n) is 2.69. The van der Waals surface area contributed by atoms with Crippen molar-refractivity contribution in [3.05, 3.63) is 0 Å². The largest absolute Gasteiger partial charge is 0.298 e. The molecule has 0 aromatic heterocycles. The van der Waals surface area contributed by atoms with Gasteiger partial charge in [0.05, 0.1) is 0 Å². The third kappa shape index (κ3) is 2.71. The summed E-state index contributed by atoms with van der Waals surface area (Å²) in [6.07, 6.45) is 6.94. The first-order chi connectivity index (χ1) is 7.07. The highest BCUT2D eigenvalue weighted by Gasteiger charge is 2.27. The zero-order valence-corrected chi connectivity index (χ0v) is 10.3. The second-order valence-corrected chi connectivity index (χ2v) is 6.83. The zero-order valence-electron chi connectivity index (χ0n) is 9.45. The molecule has 1 aliphatic carbocycles. The van der Waals surface area contributed by atoms with Crippen LogP contribution in [0, 0.1) is 4.78 Å². The summed E-state index contributed by atoms with van der Waals surface area (Å²) in [7, 11) is -2.47. The number of nitrogens with one attached hydrogen (secondary N) is 1. The van der Waals surface area contributed by atoms with Crippen LogP contribution in [0.4, 0.5) is 0 Å². The van der Waals surface area contributed by atoms with Gasteiger partial charge in [-0.05, 0) is 12.8 Å². The Balaban J connectivity index is 1.86. The molecule has 1 heterocycles. The first-order valence-corrected chi connectivity index (χ1v) is 7.72. The number of rotatable bonds is 2. The van der Waals surface area contributed by atoms with Gasteiger partial charge in [0.2, 0.25) is 0 Å². The zero-order chi connectivity index (χ0) is 10.9. The van der Waals surface area contributed by atoms with Crippen LogP contribution in [0.15, 0.2) is 0 Å². The van der Waals surface area contributed by atoms with Gasteiger partial charge in [-0.25, -0.2) is 13.3 Å². The molecular weight excluding hydrogens is 210 g/mol. The van der Waals surface area contributed by atoms with Gasteiger partial charge >= 0.3 is 0 Å². The number of nitrogens with zero attached hydrogens (tertiary/aromatic N) is 2. The summed E-state index contributed by atoms with van der Waals surface area (Å²) in [4.78, 5) is 2.52. The summed E-state index contributed by atoms with van der Waals surface area (Å²) in [5, 5.41) is 0. The van der Waals surface area contributed by atoms with Crippen molar-refractivity contribution < 1.29 is 4.21 Å². The Morgan fingerprint density at radius 1 is 1.13 bits per heavy atom. The van der Waals surface area contributed by atoms with Crippen LogP contribution >= 0.6 is 0 Å². The summed E-state index contributed by atoms with van der Waals surface area (Å²) in [5.74, 6) is 0. The molecule has 1 unspecified atom stereocenters. The molecule has 2 fully saturated rings. The number of hydrogen-bond acceptors (Lipinski definition) is 3. The molecular formula is C10H21N3OS. The molecule has 0 spiro atoms. The van der Waals surface area contributed by atoms with Crippen molar-refractivity contribution in [2.45, 2.75) is 31.7 Å². The van der Waals surface area contributed by atoms with Gasteiger partial charge in [0.1, 0.15) is 9.92 Å². The van der Waals surface area contributed by atoms with Gasteiger partial charge in [-0.2, -0.15) is 0 Å². The van der Waals surface area contributed by atoms with Crippen molar-refractivity contribution in [3.8, 4) is 0 Å². The Hall–Kier alpha value is -0.130. The lowest BCUT2D eigenvalue weighted by Gasteiger charge is -2.37. The Morgan fingerprint density at radius 2 is 1.67 bits per heavy atom. The molecule has 1 aliphatic heterocycles. The molecule has 1 saturated heterocycles. The maximum absolute atomic E-state index is 11.5. The van der Waals surface area contributed by atoms with Crippen molar-refractivity contribution in [1.29, 1.82) is 4.78 Å². The Morgan fingerprint density at radius 3 is 2.13 bits per heavy atom. The minimum atomic E-state index is -2.47. The highest BCUT2D eigenvalue weighted by atomic mass is 32.2. The Labute approximate surface area is 92.7 Å². The minimum absolute atomic E-state index is 0.769. The van der Waals surface area contributed by atoms with Crippen molar-refractivity contribution >= 4 is 9.92 Å². The van der Waals surface area contributed by atoms with Crippen LogP contribution < -0.4 is 0 Å². The highest BCUT2D eigenvalue weighted by Crippen LogP contribution is 2.24. The molecule has 88 valence electrons. The van der Waals surface area contributed by atoms with E-state index in [4.69, 9.17) is 4.78 Å². The normalized spacial score (nSPS) is 30.5. The van der Waals surface area contributed by atoms with E-state index in [1.54, 1.807) is 0 Å². The summed E-state index contributed by atoms with van der Waals surface area (Å²) in [6, 6.07) is 0.769. The van der Waals surface area contributed by atoms with E-state index in [9.17, 15) is 4.21 Å². The predicted octanol–water partition coefficient (Wildman–Crippen LogP) is 1.14. The van der Waals surface area contributed by atoms with E-state index in [0.29, 0.717) is 0 Å². The minimum Gasteiger partial charge on any atom is -0.298 e. The molecule has 0 bridgehead atoms. The van der Waals surface area contributed by atoms with E-state index < -0.39 is 9.92 Å². The average molecular weight is 231 g/mol. The molecule has 0 aromatic rings. The van der Waals surface area contributed by atoms with Crippen LogP contribution in [0.1, 0.15) is 25.7 Å². The fourth-order valence-corrected chi connectivity index (χ4v) is 3.55. The molecule has 0 amide bonds. The standard InChI is InChI=1S/C10H21N3OS/c1-15(11,14)13-8-6-12(7-9-13)10-4-2-3-5-10/h10-11H,2-9H2,1H3. The SMILES string of the molecule is CS(=N)(=O)N1CCN(C2CCCC2)CC1. The van der Waals surface area contributed by atoms with Crippen LogP contribution in [-0.4, -0.2) is 51.9 Å². The summed E-state index contributed by atoms with van der Waals surface area (Å²) in [5.41, 5.74) is 0. The molecule has 15 heavy (non-hydrogen) atoms. The average Bonchev–Trinajstić information content (AvgIpc) is 2.69. The smallest absolute Gasteiger partial charge is 0.104 e. The molecule has 1 atom stereocenters. The van der Waals surface area contributed by atoms with Gasteiger partial charge in [0, 0.05) is 38.5 Å². The molecule has 1 N–H and O–H groups in total. The summed E-state index contributed by atoms with van der Waals surface area (Å²) >= 11 is 0. The first kappa shape index (κ1) is 11.4. The van der Waals surface area contributed by atoms with Crippen molar-refractivity contribution in [2.24, 2.45) is 0 Å². The third-order valence-electron chi connectivity index (χ3n) is 3.61. The van der Waals surface area contributed by atoms with Crippen LogP contribution in [0.25, 0.3) is 0 Å². The lowest BCUT2D eigenvalue weighted by Crippen LogP contribution is -2.50. The molecule has 0 radical (unpaired) electrons. The van der Waals surface area contributed by atoms with E-state index in [1.165, 1.54) is 31.9 Å². The second-order valence-electron chi connectivity index (χ2n) is 4.71. The number of piperazine rings is 1. The molecule has 4 nitrogen and oxygen atoms in total. The Kier molecular flexibility index (Phi) is 3.33. The molecule has 1 saturated carbocycles. The monoisotopic (exact) mass is 231 g/mol. The predicted molar refractivity (Wildman–Crippen MR) is 62.2 cm³/mol. The van der Waals surface area contributed by atoms with Crippen LogP contribution in [-0.2, 0) is 9.92 Å². The van der Waals surface area contributed by atoms with E-state index in [2.05, 4.69) is 4.90 Å². The maximum Gasteiger partial charge on any atom is 0.104 e. The van der Waals surface area contributed by atoms with Gasteiger partial charge < -0.3 is 0 Å². The first-order valence-electron chi connectivity index (χ1n) is 5.80. The van der Waals surface area contributed by atoms with E-state index >= 15 is 0 Å². The fraction of sp³-hybridized carbons (Fsp3) is 1.00. The maximum atomic E-state index is 11.5. The molecule has 0 aromatic carbocycles. The lowest BCUT2D eigenvalue weighted by molar-refractivity contribution is 0.141. The topological polar surface area (TPSA) is 47.4 Å². The van der Waals surface area contributed by atoms with Gasteiger partial charge in [0.15, 0.2) is 0 Å². The summed E-state index contributed by atoms with van der Waals surface area (Å²) < 4.78 is 20.9. The quantitative estimate of drug-likeness (QED) is 0.774. The van der Waals surface area contributed by atoms with Crippen molar-refractivity contribution in [3.63, 3.8) is 0 Å². The van der Waals surface area contributed by atoms with E-state index in [1.807, 2.05) is 4.31 Å². The van der Waals surface area contributed by atoms with Crippen LogP contribution in [0.2, 0.25) is 0 Å². The van der Waals surface area contributed by atoms with E-state index in [0.717, 1.165) is 32.2 Å². The highest BCUT2D eigenvalue weighted by molar-refractivity contribution is 7.89. The van der Waals surface area contributed by atoms with Crippen molar-refractivity contribution in [2.75, 3.05) is 32.4 Å². The molecule has 5 heteroatoms. The van der Waals surface area contributed by atoms with Crippen LogP contribution in [0.5, 0.6) is 0 Å². The van der Waals surface area contributed by atoms with Crippen LogP contribution in [0.3, 0.4) is 0 Å². The Bertz CT molecular complexity index is 301. The lowest BCUT2D eigenvalue weighted by atomic mass is 10.2. The van der Waals surface area contributed by atoms with Crippen molar-refractivity contribution in [1.82, 2.24) is 9.21 Å². The van der Waals surface area contributed by atoms with E-state index in [-0.39, 0.29) is 0 Å².